The van der Waals surface area contributed by atoms with Crippen molar-refractivity contribution in [3.8, 4) is 0 Å². The van der Waals surface area contributed by atoms with Gasteiger partial charge in [-0.2, -0.15) is 0 Å². The molecule has 0 aromatic heterocycles. The Labute approximate surface area is 139 Å². The summed E-state index contributed by atoms with van der Waals surface area (Å²) >= 11 is 0. The molecule has 6 heteroatoms. The molecule has 0 unspecified atom stereocenters. The number of hydrogen-bond donors (Lipinski definition) is 2. The van der Waals surface area contributed by atoms with E-state index in [1.807, 2.05) is 25.1 Å². The van der Waals surface area contributed by atoms with Crippen molar-refractivity contribution in [3.05, 3.63) is 71.8 Å². The molecule has 0 aliphatic rings. The van der Waals surface area contributed by atoms with Gasteiger partial charge in [0.2, 0.25) is 0 Å². The molecule has 3 rings (SSSR count). The number of aryl methyl sites for hydroxylation is 1. The van der Waals surface area contributed by atoms with E-state index in [1.165, 1.54) is 30.3 Å². The van der Waals surface area contributed by atoms with E-state index >= 15 is 0 Å². The predicted molar refractivity (Wildman–Crippen MR) is 92.9 cm³/mol. The largest absolute Gasteiger partial charge is 0.478 e. The summed E-state index contributed by atoms with van der Waals surface area (Å²) in [5, 5.41) is 10.8. The minimum atomic E-state index is -3.80. The van der Waals surface area contributed by atoms with Gasteiger partial charge in [-0.25, -0.2) is 13.2 Å². The molecule has 2 N–H and O–H groups in total. The maximum atomic E-state index is 12.5. The lowest BCUT2D eigenvalue weighted by molar-refractivity contribution is 0.0697. The van der Waals surface area contributed by atoms with E-state index in [0.717, 1.165) is 16.3 Å². The van der Waals surface area contributed by atoms with Gasteiger partial charge in [-0.15, -0.1) is 0 Å². The molecular formula is C18H15NO4S. The fourth-order valence-electron chi connectivity index (χ4n) is 2.44. The van der Waals surface area contributed by atoms with Crippen molar-refractivity contribution in [1.29, 1.82) is 0 Å². The topological polar surface area (TPSA) is 83.5 Å². The Kier molecular flexibility index (Phi) is 3.99. The van der Waals surface area contributed by atoms with Crippen molar-refractivity contribution in [1.82, 2.24) is 0 Å². The Balaban J connectivity index is 1.97. The number of aromatic carboxylic acids is 1. The summed E-state index contributed by atoms with van der Waals surface area (Å²) < 4.78 is 27.5. The Morgan fingerprint density at radius 1 is 0.958 bits per heavy atom. The highest BCUT2D eigenvalue weighted by Crippen LogP contribution is 2.22. The third-order valence-corrected chi connectivity index (χ3v) is 5.02. The number of anilines is 1. The van der Waals surface area contributed by atoms with Crippen LogP contribution in [-0.4, -0.2) is 19.5 Å². The molecule has 0 radical (unpaired) electrons. The molecule has 122 valence electrons. The fraction of sp³-hybridized carbons (Fsp3) is 0.0556. The van der Waals surface area contributed by atoms with Crippen LogP contribution in [0.1, 0.15) is 15.9 Å². The van der Waals surface area contributed by atoms with Crippen LogP contribution >= 0.6 is 0 Å². The molecule has 3 aromatic rings. The lowest BCUT2D eigenvalue weighted by atomic mass is 10.1. The smallest absolute Gasteiger partial charge is 0.335 e. The Hall–Kier alpha value is -2.86. The summed E-state index contributed by atoms with van der Waals surface area (Å²) in [5.41, 5.74) is 1.32. The van der Waals surface area contributed by atoms with Gasteiger partial charge in [-0.3, -0.25) is 4.72 Å². The second kappa shape index (κ2) is 5.98. The Bertz CT molecular complexity index is 1040. The van der Waals surface area contributed by atoms with E-state index in [2.05, 4.69) is 4.72 Å². The lowest BCUT2D eigenvalue weighted by Crippen LogP contribution is -2.13. The van der Waals surface area contributed by atoms with E-state index in [1.54, 1.807) is 12.1 Å². The first-order chi connectivity index (χ1) is 11.3. The first-order valence-electron chi connectivity index (χ1n) is 7.22. The molecule has 0 fully saturated rings. The van der Waals surface area contributed by atoms with Crippen LogP contribution in [0.4, 0.5) is 5.69 Å². The summed E-state index contributed by atoms with van der Waals surface area (Å²) in [6, 6.07) is 16.3. The minimum absolute atomic E-state index is 0.0178. The first kappa shape index (κ1) is 16.0. The van der Waals surface area contributed by atoms with Crippen LogP contribution in [0, 0.1) is 6.92 Å². The number of carboxylic acid groups (broad SMARTS) is 1. The van der Waals surface area contributed by atoms with Gasteiger partial charge >= 0.3 is 5.97 Å². The molecule has 0 saturated heterocycles. The number of rotatable bonds is 4. The van der Waals surface area contributed by atoms with Gasteiger partial charge in [0.05, 0.1) is 10.5 Å². The molecule has 3 aromatic carbocycles. The fourth-order valence-corrected chi connectivity index (χ4v) is 3.52. The number of hydrogen-bond acceptors (Lipinski definition) is 3. The molecule has 0 bridgehead atoms. The molecule has 0 atom stereocenters. The second-order valence-electron chi connectivity index (χ2n) is 5.50. The van der Waals surface area contributed by atoms with Crippen molar-refractivity contribution in [2.24, 2.45) is 0 Å². The van der Waals surface area contributed by atoms with E-state index in [0.29, 0.717) is 0 Å². The molecule has 0 amide bonds. The molecule has 0 spiro atoms. The zero-order chi connectivity index (χ0) is 17.3. The predicted octanol–water partition coefficient (Wildman–Crippen LogP) is 3.65. The van der Waals surface area contributed by atoms with Crippen LogP contribution in [0.5, 0.6) is 0 Å². The standard InChI is InChI=1S/C18H15NO4S/c1-12-5-6-14-11-17(8-7-13(14)9-12)24(22,23)19-16-4-2-3-15(10-16)18(20)21/h2-11,19H,1H3,(H,20,21). The Morgan fingerprint density at radius 2 is 1.67 bits per heavy atom. The third kappa shape index (κ3) is 3.23. The zero-order valence-electron chi connectivity index (χ0n) is 12.9. The van der Waals surface area contributed by atoms with E-state index < -0.39 is 16.0 Å². The Morgan fingerprint density at radius 3 is 2.42 bits per heavy atom. The maximum absolute atomic E-state index is 12.5. The first-order valence-corrected chi connectivity index (χ1v) is 8.70. The summed E-state index contributed by atoms with van der Waals surface area (Å²) in [7, 11) is -3.80. The van der Waals surface area contributed by atoms with Gasteiger partial charge in [0.25, 0.3) is 10.0 Å². The zero-order valence-corrected chi connectivity index (χ0v) is 13.7. The monoisotopic (exact) mass is 341 g/mol. The van der Waals surface area contributed by atoms with Gasteiger partial charge in [0, 0.05) is 5.69 Å². The molecule has 24 heavy (non-hydrogen) atoms. The van der Waals surface area contributed by atoms with Gasteiger partial charge < -0.3 is 5.11 Å². The number of benzene rings is 3. The highest BCUT2D eigenvalue weighted by Gasteiger charge is 2.15. The van der Waals surface area contributed by atoms with Gasteiger partial charge in [-0.05, 0) is 48.0 Å². The number of nitrogens with one attached hydrogen (secondary N) is 1. The quantitative estimate of drug-likeness (QED) is 0.759. The highest BCUT2D eigenvalue weighted by molar-refractivity contribution is 7.92. The average molecular weight is 341 g/mol. The number of carbonyl (C=O) groups is 1. The van der Waals surface area contributed by atoms with Crippen LogP contribution in [0.2, 0.25) is 0 Å². The lowest BCUT2D eigenvalue weighted by Gasteiger charge is -2.10. The number of fused-ring (bicyclic) bond motifs is 1. The van der Waals surface area contributed by atoms with Crippen molar-refractivity contribution in [3.63, 3.8) is 0 Å². The summed E-state index contributed by atoms with van der Waals surface area (Å²) in [6.07, 6.45) is 0. The van der Waals surface area contributed by atoms with Gasteiger partial charge in [0.15, 0.2) is 0 Å². The summed E-state index contributed by atoms with van der Waals surface area (Å²) in [6.45, 7) is 1.97. The van der Waals surface area contributed by atoms with Gasteiger partial charge in [0.1, 0.15) is 0 Å². The molecule has 0 aliphatic carbocycles. The van der Waals surface area contributed by atoms with Crippen molar-refractivity contribution in [2.45, 2.75) is 11.8 Å². The summed E-state index contributed by atoms with van der Waals surface area (Å²) in [4.78, 5) is 11.1. The van der Waals surface area contributed by atoms with Crippen LogP contribution < -0.4 is 4.72 Å². The van der Waals surface area contributed by atoms with Crippen LogP contribution in [0.15, 0.2) is 65.6 Å². The van der Waals surface area contributed by atoms with E-state index in [4.69, 9.17) is 5.11 Å². The van der Waals surface area contributed by atoms with Gasteiger partial charge in [-0.1, -0.05) is 35.9 Å². The maximum Gasteiger partial charge on any atom is 0.335 e. The normalized spacial score (nSPS) is 11.4. The molecule has 0 heterocycles. The SMILES string of the molecule is Cc1ccc2cc(S(=O)(=O)Nc3cccc(C(=O)O)c3)ccc2c1. The van der Waals surface area contributed by atoms with Crippen molar-refractivity contribution < 1.29 is 18.3 Å². The van der Waals surface area contributed by atoms with E-state index in [9.17, 15) is 13.2 Å². The van der Waals surface area contributed by atoms with Crippen LogP contribution in [0.25, 0.3) is 10.8 Å². The molecule has 5 nitrogen and oxygen atoms in total. The molecular weight excluding hydrogens is 326 g/mol. The summed E-state index contributed by atoms with van der Waals surface area (Å²) in [5.74, 6) is -1.11. The second-order valence-corrected chi connectivity index (χ2v) is 7.19. The van der Waals surface area contributed by atoms with E-state index in [-0.39, 0.29) is 16.1 Å². The molecule has 0 saturated carbocycles. The third-order valence-electron chi connectivity index (χ3n) is 3.64. The van der Waals surface area contributed by atoms with Crippen molar-refractivity contribution in [2.75, 3.05) is 4.72 Å². The number of sulfonamides is 1. The van der Waals surface area contributed by atoms with Crippen molar-refractivity contribution >= 4 is 32.5 Å². The highest BCUT2D eigenvalue weighted by atomic mass is 32.2. The van der Waals surface area contributed by atoms with Crippen LogP contribution in [-0.2, 0) is 10.0 Å². The number of carboxylic acids is 1. The minimum Gasteiger partial charge on any atom is -0.478 e. The average Bonchev–Trinajstić information content (AvgIpc) is 2.54. The molecule has 0 aliphatic heterocycles. The van der Waals surface area contributed by atoms with Crippen LogP contribution in [0.3, 0.4) is 0 Å².